The van der Waals surface area contributed by atoms with E-state index in [2.05, 4.69) is 70.2 Å². The van der Waals surface area contributed by atoms with Gasteiger partial charge in [0.2, 0.25) is 0 Å². The van der Waals surface area contributed by atoms with Crippen LogP contribution in [0.4, 0.5) is 5.69 Å². The van der Waals surface area contributed by atoms with Crippen LogP contribution in [0.15, 0.2) is 46.9 Å². The molecular weight excluding hydrogens is 298 g/mol. The smallest absolute Gasteiger partial charge is 0.0440 e. The minimum Gasteiger partial charge on any atom is -0.367 e. The van der Waals surface area contributed by atoms with Crippen LogP contribution in [0.2, 0.25) is 0 Å². The first kappa shape index (κ1) is 12.7. The minimum atomic E-state index is 0.984. The summed E-state index contributed by atoms with van der Waals surface area (Å²) in [4.78, 5) is 2.49. The summed E-state index contributed by atoms with van der Waals surface area (Å²) in [5.41, 5.74) is 5.55. The van der Waals surface area contributed by atoms with Crippen LogP contribution in [0.3, 0.4) is 0 Å². The van der Waals surface area contributed by atoms with Crippen molar-refractivity contribution >= 4 is 21.6 Å². The van der Waals surface area contributed by atoms with E-state index in [1.165, 1.54) is 39.7 Å². The Morgan fingerprint density at radius 2 is 2.00 bits per heavy atom. The third-order valence-corrected chi connectivity index (χ3v) is 4.51. The molecule has 0 spiro atoms. The van der Waals surface area contributed by atoms with Crippen molar-refractivity contribution in [1.29, 1.82) is 0 Å². The normalized spacial score (nSPS) is 14.3. The van der Waals surface area contributed by atoms with Gasteiger partial charge < -0.3 is 4.90 Å². The quantitative estimate of drug-likeness (QED) is 0.775. The third-order valence-electron chi connectivity index (χ3n) is 3.78. The summed E-state index contributed by atoms with van der Waals surface area (Å²) in [5, 5.41) is 0. The molecule has 1 aliphatic rings. The molecule has 0 N–H and O–H groups in total. The average molecular weight is 316 g/mol. The Balaban J connectivity index is 1.88. The molecule has 2 heteroatoms. The third kappa shape index (κ3) is 2.69. The number of fused-ring (bicyclic) bond motifs is 1. The highest BCUT2D eigenvalue weighted by molar-refractivity contribution is 9.10. The molecule has 1 aliphatic heterocycles. The van der Waals surface area contributed by atoms with Crippen LogP contribution in [0.5, 0.6) is 0 Å². The lowest BCUT2D eigenvalue weighted by molar-refractivity contribution is 0.690. The minimum absolute atomic E-state index is 0.984. The lowest BCUT2D eigenvalue weighted by Gasteiger charge is -2.31. The molecule has 2 aromatic rings. The number of rotatable bonds is 2. The molecule has 0 saturated heterocycles. The summed E-state index contributed by atoms with van der Waals surface area (Å²) in [5.74, 6) is 0. The predicted molar refractivity (Wildman–Crippen MR) is 84.7 cm³/mol. The topological polar surface area (TPSA) is 3.24 Å². The van der Waals surface area contributed by atoms with Gasteiger partial charge in [-0.2, -0.15) is 0 Å². The lowest BCUT2D eigenvalue weighted by atomic mass is 10.0. The summed E-state index contributed by atoms with van der Waals surface area (Å²) < 4.78 is 1.22. The standard InChI is InChI=1S/C17H18BrN/c1-13-8-9-15(16(18)11-13)12-19-10-4-6-14-5-2-3-7-17(14)19/h2-3,5,7-9,11H,4,6,10,12H2,1H3. The first-order chi connectivity index (χ1) is 9.24. The van der Waals surface area contributed by atoms with E-state index in [0.29, 0.717) is 0 Å². The van der Waals surface area contributed by atoms with E-state index in [-0.39, 0.29) is 0 Å². The van der Waals surface area contributed by atoms with E-state index < -0.39 is 0 Å². The molecule has 19 heavy (non-hydrogen) atoms. The number of halogens is 1. The second-order valence-corrected chi connectivity index (χ2v) is 6.10. The van der Waals surface area contributed by atoms with Gasteiger partial charge in [-0.15, -0.1) is 0 Å². The monoisotopic (exact) mass is 315 g/mol. The van der Waals surface area contributed by atoms with Gasteiger partial charge in [-0.05, 0) is 48.6 Å². The van der Waals surface area contributed by atoms with E-state index >= 15 is 0 Å². The van der Waals surface area contributed by atoms with Gasteiger partial charge in [-0.25, -0.2) is 0 Å². The van der Waals surface area contributed by atoms with Crippen LogP contribution < -0.4 is 4.90 Å². The molecular formula is C17H18BrN. The zero-order valence-electron chi connectivity index (χ0n) is 11.2. The van der Waals surface area contributed by atoms with Gasteiger partial charge in [-0.1, -0.05) is 46.3 Å². The molecule has 0 aliphatic carbocycles. The maximum Gasteiger partial charge on any atom is 0.0440 e. The van der Waals surface area contributed by atoms with Gasteiger partial charge in [0, 0.05) is 23.2 Å². The van der Waals surface area contributed by atoms with Crippen molar-refractivity contribution in [3.63, 3.8) is 0 Å². The Labute approximate surface area is 123 Å². The fourth-order valence-electron chi connectivity index (χ4n) is 2.76. The van der Waals surface area contributed by atoms with Gasteiger partial charge in [0.25, 0.3) is 0 Å². The summed E-state index contributed by atoms with van der Waals surface area (Å²) in [6.07, 6.45) is 2.46. The Bertz CT molecular complexity index is 592. The fourth-order valence-corrected chi connectivity index (χ4v) is 3.38. The molecule has 0 saturated carbocycles. The van der Waals surface area contributed by atoms with Crippen molar-refractivity contribution in [2.24, 2.45) is 0 Å². The van der Waals surface area contributed by atoms with Crippen LogP contribution in [-0.2, 0) is 13.0 Å². The zero-order chi connectivity index (χ0) is 13.2. The van der Waals surface area contributed by atoms with Crippen LogP contribution in [0, 0.1) is 6.92 Å². The Morgan fingerprint density at radius 1 is 1.16 bits per heavy atom. The maximum absolute atomic E-state index is 3.69. The van der Waals surface area contributed by atoms with E-state index in [1.54, 1.807) is 0 Å². The summed E-state index contributed by atoms with van der Waals surface area (Å²) in [7, 11) is 0. The predicted octanol–water partition coefficient (Wildman–Crippen LogP) is 4.71. The number of anilines is 1. The van der Waals surface area contributed by atoms with Crippen molar-refractivity contribution in [3.05, 3.63) is 63.6 Å². The van der Waals surface area contributed by atoms with Crippen LogP contribution in [0.25, 0.3) is 0 Å². The fraction of sp³-hybridized carbons (Fsp3) is 0.294. The number of aryl methyl sites for hydroxylation is 2. The van der Waals surface area contributed by atoms with Crippen molar-refractivity contribution < 1.29 is 0 Å². The summed E-state index contributed by atoms with van der Waals surface area (Å²) in [6.45, 7) is 4.26. The summed E-state index contributed by atoms with van der Waals surface area (Å²) >= 11 is 3.69. The molecule has 0 atom stereocenters. The molecule has 0 aromatic heterocycles. The maximum atomic E-state index is 3.69. The lowest BCUT2D eigenvalue weighted by Crippen LogP contribution is -2.28. The second-order valence-electron chi connectivity index (χ2n) is 5.25. The number of para-hydroxylation sites is 1. The molecule has 0 unspecified atom stereocenters. The Morgan fingerprint density at radius 3 is 2.84 bits per heavy atom. The van der Waals surface area contributed by atoms with E-state index in [0.717, 1.165) is 13.1 Å². The van der Waals surface area contributed by atoms with Gasteiger partial charge >= 0.3 is 0 Å². The van der Waals surface area contributed by atoms with E-state index in [9.17, 15) is 0 Å². The van der Waals surface area contributed by atoms with Crippen LogP contribution >= 0.6 is 15.9 Å². The molecule has 0 radical (unpaired) electrons. The molecule has 1 heterocycles. The highest BCUT2D eigenvalue weighted by atomic mass is 79.9. The second kappa shape index (κ2) is 5.38. The van der Waals surface area contributed by atoms with Crippen molar-refractivity contribution in [2.75, 3.05) is 11.4 Å². The first-order valence-corrected chi connectivity index (χ1v) is 7.61. The average Bonchev–Trinajstić information content (AvgIpc) is 2.42. The highest BCUT2D eigenvalue weighted by Crippen LogP contribution is 2.29. The SMILES string of the molecule is Cc1ccc(CN2CCCc3ccccc32)c(Br)c1. The summed E-state index contributed by atoms with van der Waals surface area (Å²) in [6, 6.07) is 15.4. The van der Waals surface area contributed by atoms with Gasteiger partial charge in [0.05, 0.1) is 0 Å². The van der Waals surface area contributed by atoms with Gasteiger partial charge in [0.1, 0.15) is 0 Å². The molecule has 0 amide bonds. The van der Waals surface area contributed by atoms with Crippen molar-refractivity contribution in [1.82, 2.24) is 0 Å². The van der Waals surface area contributed by atoms with Crippen molar-refractivity contribution in [2.45, 2.75) is 26.3 Å². The molecule has 0 bridgehead atoms. The van der Waals surface area contributed by atoms with Crippen LogP contribution in [0.1, 0.15) is 23.1 Å². The number of benzene rings is 2. The van der Waals surface area contributed by atoms with E-state index in [1.807, 2.05) is 0 Å². The Kier molecular flexibility index (Phi) is 3.61. The highest BCUT2D eigenvalue weighted by Gasteiger charge is 2.16. The zero-order valence-corrected chi connectivity index (χ0v) is 12.8. The molecule has 2 aromatic carbocycles. The first-order valence-electron chi connectivity index (χ1n) is 6.82. The van der Waals surface area contributed by atoms with Gasteiger partial charge in [0.15, 0.2) is 0 Å². The van der Waals surface area contributed by atoms with Gasteiger partial charge in [-0.3, -0.25) is 0 Å². The molecule has 3 rings (SSSR count). The van der Waals surface area contributed by atoms with Crippen molar-refractivity contribution in [3.8, 4) is 0 Å². The molecule has 0 fully saturated rings. The van der Waals surface area contributed by atoms with Crippen LogP contribution in [-0.4, -0.2) is 6.54 Å². The number of hydrogen-bond acceptors (Lipinski definition) is 1. The number of hydrogen-bond donors (Lipinski definition) is 0. The number of nitrogens with zero attached hydrogens (tertiary/aromatic N) is 1. The Hall–Kier alpha value is -1.28. The molecule has 98 valence electrons. The van der Waals surface area contributed by atoms with E-state index in [4.69, 9.17) is 0 Å². The molecule has 1 nitrogen and oxygen atoms in total. The largest absolute Gasteiger partial charge is 0.367 e.